The van der Waals surface area contributed by atoms with Crippen molar-refractivity contribution in [2.24, 2.45) is 5.92 Å². The molecule has 0 bridgehead atoms. The van der Waals surface area contributed by atoms with Gasteiger partial charge in [0, 0.05) is 37.8 Å². The molecule has 0 aliphatic carbocycles. The van der Waals surface area contributed by atoms with Gasteiger partial charge in [-0.25, -0.2) is 13.4 Å². The van der Waals surface area contributed by atoms with Gasteiger partial charge in [0.2, 0.25) is 10.0 Å². The van der Waals surface area contributed by atoms with Crippen molar-refractivity contribution in [2.45, 2.75) is 37.6 Å². The summed E-state index contributed by atoms with van der Waals surface area (Å²) in [6, 6.07) is 6.74. The van der Waals surface area contributed by atoms with Crippen LogP contribution in [0.25, 0.3) is 11.0 Å². The topological polar surface area (TPSA) is 86.6 Å². The quantitative estimate of drug-likeness (QED) is 0.604. The van der Waals surface area contributed by atoms with Crippen LogP contribution in [0.1, 0.15) is 32.0 Å². The highest BCUT2D eigenvalue weighted by atomic mass is 32.2. The lowest BCUT2D eigenvalue weighted by Gasteiger charge is -2.21. The molecule has 4 heterocycles. The highest BCUT2D eigenvalue weighted by Crippen LogP contribution is 2.36. The van der Waals surface area contributed by atoms with E-state index < -0.39 is 10.0 Å². The molecule has 2 aliphatic heterocycles. The lowest BCUT2D eigenvalue weighted by Crippen LogP contribution is -2.29. The Hall–Kier alpha value is -2.65. The van der Waals surface area contributed by atoms with Gasteiger partial charge in [-0.15, -0.1) is 0 Å². The van der Waals surface area contributed by atoms with Crippen LogP contribution in [0.3, 0.4) is 0 Å². The van der Waals surface area contributed by atoms with E-state index in [4.69, 9.17) is 14.5 Å². The molecule has 0 N–H and O–H groups in total. The molecule has 31 heavy (non-hydrogen) atoms. The predicted molar refractivity (Wildman–Crippen MR) is 116 cm³/mol. The molecule has 0 amide bonds. The molecule has 2 aliphatic rings. The number of pyridine rings is 1. The Morgan fingerprint density at radius 3 is 2.77 bits per heavy atom. The van der Waals surface area contributed by atoms with E-state index in [0.717, 1.165) is 29.8 Å². The summed E-state index contributed by atoms with van der Waals surface area (Å²) in [6.07, 6.45) is 4.32. The van der Waals surface area contributed by atoms with E-state index in [-0.39, 0.29) is 10.8 Å². The SMILES string of the molecule is CC(C)Cn1c(C2CCN(S(=O)(=O)c3ccc4c(c3)OCCO4)C2)nc2ccncc21. The molecule has 2 aromatic heterocycles. The normalized spacial score (nSPS) is 19.4. The minimum absolute atomic E-state index is 0.0399. The van der Waals surface area contributed by atoms with Crippen LogP contribution in [0.2, 0.25) is 0 Å². The number of hydrogen-bond donors (Lipinski definition) is 0. The number of ether oxygens (including phenoxy) is 2. The van der Waals surface area contributed by atoms with Crippen LogP contribution in [-0.2, 0) is 16.6 Å². The number of imidazole rings is 1. The van der Waals surface area contributed by atoms with E-state index in [0.29, 0.717) is 43.7 Å². The van der Waals surface area contributed by atoms with Gasteiger partial charge in [-0.3, -0.25) is 4.98 Å². The summed E-state index contributed by atoms with van der Waals surface area (Å²) >= 11 is 0. The Balaban J connectivity index is 1.44. The molecule has 1 fully saturated rings. The maximum absolute atomic E-state index is 13.3. The van der Waals surface area contributed by atoms with Crippen LogP contribution in [-0.4, -0.2) is 53.6 Å². The van der Waals surface area contributed by atoms with Crippen molar-refractivity contribution in [3.63, 3.8) is 0 Å². The number of rotatable bonds is 5. The van der Waals surface area contributed by atoms with Crippen LogP contribution in [0.15, 0.2) is 41.6 Å². The third kappa shape index (κ3) is 3.65. The van der Waals surface area contributed by atoms with E-state index in [1.165, 1.54) is 0 Å². The van der Waals surface area contributed by atoms with Crippen molar-refractivity contribution in [1.29, 1.82) is 0 Å². The molecular formula is C22H26N4O4S. The van der Waals surface area contributed by atoms with Gasteiger partial charge in [-0.05, 0) is 30.5 Å². The standard InChI is InChI=1S/C22H26N4O4S/c1-15(2)13-26-19-12-23-7-5-18(19)24-22(26)16-6-8-25(14-16)31(27,28)17-3-4-20-21(11-17)30-10-9-29-20/h3-5,7,11-12,15-16H,6,8-10,13-14H2,1-2H3. The summed E-state index contributed by atoms with van der Waals surface area (Å²) < 4.78 is 41.5. The summed E-state index contributed by atoms with van der Waals surface area (Å²) in [7, 11) is -3.63. The van der Waals surface area contributed by atoms with Gasteiger partial charge >= 0.3 is 0 Å². The van der Waals surface area contributed by atoms with E-state index in [2.05, 4.69) is 23.4 Å². The van der Waals surface area contributed by atoms with Gasteiger partial charge in [-0.1, -0.05) is 13.8 Å². The first-order chi connectivity index (χ1) is 14.9. The maximum atomic E-state index is 13.3. The molecule has 5 rings (SSSR count). The Morgan fingerprint density at radius 1 is 1.16 bits per heavy atom. The van der Waals surface area contributed by atoms with Crippen LogP contribution < -0.4 is 9.47 Å². The molecule has 1 atom stereocenters. The zero-order valence-electron chi connectivity index (χ0n) is 17.7. The van der Waals surface area contributed by atoms with Gasteiger partial charge < -0.3 is 14.0 Å². The fourth-order valence-corrected chi connectivity index (χ4v) is 5.86. The first kappa shape index (κ1) is 20.3. The monoisotopic (exact) mass is 442 g/mol. The first-order valence-electron chi connectivity index (χ1n) is 10.6. The Labute approximate surface area is 181 Å². The summed E-state index contributed by atoms with van der Waals surface area (Å²) in [5.41, 5.74) is 1.90. The molecule has 3 aromatic rings. The molecule has 8 nitrogen and oxygen atoms in total. The Morgan fingerprint density at radius 2 is 1.97 bits per heavy atom. The van der Waals surface area contributed by atoms with Crippen molar-refractivity contribution in [3.8, 4) is 11.5 Å². The molecule has 1 unspecified atom stereocenters. The highest BCUT2D eigenvalue weighted by molar-refractivity contribution is 7.89. The van der Waals surface area contributed by atoms with Crippen LogP contribution in [0, 0.1) is 5.92 Å². The lowest BCUT2D eigenvalue weighted by molar-refractivity contribution is 0.171. The number of aromatic nitrogens is 3. The first-order valence-corrected chi connectivity index (χ1v) is 12.1. The molecule has 9 heteroatoms. The van der Waals surface area contributed by atoms with Gasteiger partial charge in [0.15, 0.2) is 11.5 Å². The fraction of sp³-hybridized carbons (Fsp3) is 0.455. The highest BCUT2D eigenvalue weighted by Gasteiger charge is 2.36. The van der Waals surface area contributed by atoms with Crippen molar-refractivity contribution < 1.29 is 17.9 Å². The third-order valence-corrected chi connectivity index (χ3v) is 7.66. The second kappa shape index (κ2) is 7.80. The van der Waals surface area contributed by atoms with Crippen LogP contribution in [0.4, 0.5) is 0 Å². The number of nitrogens with zero attached hydrogens (tertiary/aromatic N) is 4. The molecule has 1 saturated heterocycles. The maximum Gasteiger partial charge on any atom is 0.243 e. The zero-order chi connectivity index (χ0) is 21.6. The average Bonchev–Trinajstić information content (AvgIpc) is 3.39. The third-order valence-electron chi connectivity index (χ3n) is 5.80. The van der Waals surface area contributed by atoms with E-state index in [1.54, 1.807) is 28.7 Å². The van der Waals surface area contributed by atoms with Crippen molar-refractivity contribution >= 4 is 21.1 Å². The average molecular weight is 443 g/mol. The summed E-state index contributed by atoms with van der Waals surface area (Å²) in [5.74, 6) is 2.49. The van der Waals surface area contributed by atoms with Gasteiger partial charge in [0.05, 0.1) is 22.1 Å². The number of benzene rings is 1. The van der Waals surface area contributed by atoms with Crippen molar-refractivity contribution in [2.75, 3.05) is 26.3 Å². The van der Waals surface area contributed by atoms with Crippen LogP contribution in [0.5, 0.6) is 11.5 Å². The Bertz CT molecular complexity index is 1220. The minimum atomic E-state index is -3.63. The van der Waals surface area contributed by atoms with E-state index in [1.807, 2.05) is 12.3 Å². The van der Waals surface area contributed by atoms with Gasteiger partial charge in [0.25, 0.3) is 0 Å². The summed E-state index contributed by atoms with van der Waals surface area (Å²) in [5, 5.41) is 0. The summed E-state index contributed by atoms with van der Waals surface area (Å²) in [4.78, 5) is 9.35. The molecular weight excluding hydrogens is 416 g/mol. The lowest BCUT2D eigenvalue weighted by atomic mass is 10.1. The number of hydrogen-bond acceptors (Lipinski definition) is 6. The zero-order valence-corrected chi connectivity index (χ0v) is 18.5. The molecule has 164 valence electrons. The second-order valence-electron chi connectivity index (χ2n) is 8.49. The van der Waals surface area contributed by atoms with Crippen molar-refractivity contribution in [1.82, 2.24) is 18.8 Å². The Kier molecular flexibility index (Phi) is 5.10. The van der Waals surface area contributed by atoms with Crippen molar-refractivity contribution in [3.05, 3.63) is 42.5 Å². The predicted octanol–water partition coefficient (Wildman–Crippen LogP) is 3.04. The molecule has 0 radical (unpaired) electrons. The molecule has 0 saturated carbocycles. The largest absolute Gasteiger partial charge is 0.486 e. The number of sulfonamides is 1. The van der Waals surface area contributed by atoms with E-state index >= 15 is 0 Å². The molecule has 1 aromatic carbocycles. The smallest absolute Gasteiger partial charge is 0.243 e. The van der Waals surface area contributed by atoms with E-state index in [9.17, 15) is 8.42 Å². The van der Waals surface area contributed by atoms with Gasteiger partial charge in [0.1, 0.15) is 19.0 Å². The fourth-order valence-electron chi connectivity index (χ4n) is 4.35. The molecule has 0 spiro atoms. The number of fused-ring (bicyclic) bond motifs is 2. The van der Waals surface area contributed by atoms with Crippen LogP contribution >= 0.6 is 0 Å². The second-order valence-corrected chi connectivity index (χ2v) is 10.4. The summed E-state index contributed by atoms with van der Waals surface area (Å²) in [6.45, 7) is 6.92. The minimum Gasteiger partial charge on any atom is -0.486 e. The van der Waals surface area contributed by atoms with Gasteiger partial charge in [-0.2, -0.15) is 4.31 Å².